The van der Waals surface area contributed by atoms with E-state index in [0.29, 0.717) is 0 Å². The number of nitrogens with two attached hydrogens (primary N) is 1. The smallest absolute Gasteiger partial charge is 0.368 e. The minimum absolute atomic E-state index is 0.00649. The molecule has 0 saturated heterocycles. The number of halogens is 3. The van der Waals surface area contributed by atoms with Crippen molar-refractivity contribution in [3.05, 3.63) is 35.4 Å². The molecule has 8 heteroatoms. The lowest BCUT2D eigenvalue weighted by Crippen LogP contribution is -2.44. The molecule has 0 heterocycles. The molecule has 0 aliphatic carbocycles. The first kappa shape index (κ1) is 22.8. The number of hydrogen-bond donors (Lipinski definition) is 2. The fraction of sp³-hybridized carbons (Fsp3) is 0.474. The van der Waals surface area contributed by atoms with E-state index in [9.17, 15) is 22.8 Å². The fourth-order valence-corrected chi connectivity index (χ4v) is 2.78. The Morgan fingerprint density at radius 2 is 1.81 bits per heavy atom. The van der Waals surface area contributed by atoms with Crippen molar-refractivity contribution >= 4 is 19.9 Å². The molecule has 1 rings (SSSR count). The van der Waals surface area contributed by atoms with Crippen molar-refractivity contribution < 1.29 is 22.8 Å². The van der Waals surface area contributed by atoms with Crippen LogP contribution < -0.4 is 11.1 Å². The summed E-state index contributed by atoms with van der Waals surface area (Å²) in [6.45, 7) is 10.5. The van der Waals surface area contributed by atoms with Crippen LogP contribution >= 0.6 is 0 Å². The molecular weight excluding hydrogens is 373 g/mol. The zero-order valence-corrected chi connectivity index (χ0v) is 17.1. The van der Waals surface area contributed by atoms with E-state index >= 15 is 0 Å². The molecule has 27 heavy (non-hydrogen) atoms. The highest BCUT2D eigenvalue weighted by Gasteiger charge is 2.34. The van der Waals surface area contributed by atoms with Crippen LogP contribution in [0.25, 0.3) is 0 Å². The highest BCUT2D eigenvalue weighted by atomic mass is 28.3. The van der Waals surface area contributed by atoms with E-state index < -0.39 is 37.7 Å². The Balaban J connectivity index is 2.94. The van der Waals surface area contributed by atoms with Crippen molar-refractivity contribution in [1.82, 2.24) is 5.32 Å². The summed E-state index contributed by atoms with van der Waals surface area (Å²) in [6.07, 6.45) is -4.55. The zero-order valence-electron chi connectivity index (χ0n) is 16.1. The SMILES string of the molecule is CC(C)(C)[Si](C)(C)C#CC[C@H](NC(=O)c1cccc(C(F)(F)F)c1)C(N)=O. The molecule has 148 valence electrons. The van der Waals surface area contributed by atoms with Crippen molar-refractivity contribution in [2.75, 3.05) is 0 Å². The Bertz CT molecular complexity index is 772. The highest BCUT2D eigenvalue weighted by molar-refractivity contribution is 6.87. The van der Waals surface area contributed by atoms with Crippen LogP contribution in [-0.2, 0) is 11.0 Å². The molecule has 3 N–H and O–H groups in total. The normalized spacial score (nSPS) is 13.3. The monoisotopic (exact) mass is 398 g/mol. The van der Waals surface area contributed by atoms with Gasteiger partial charge >= 0.3 is 6.18 Å². The number of benzene rings is 1. The number of hydrogen-bond acceptors (Lipinski definition) is 2. The first-order valence-corrected chi connectivity index (χ1v) is 11.4. The Morgan fingerprint density at radius 3 is 2.30 bits per heavy atom. The molecule has 0 aromatic heterocycles. The number of carbonyl (C=O) groups excluding carboxylic acids is 2. The second-order valence-electron chi connectivity index (χ2n) is 7.89. The maximum Gasteiger partial charge on any atom is 0.416 e. The summed E-state index contributed by atoms with van der Waals surface area (Å²) in [5, 5.41) is 2.40. The molecule has 0 aliphatic rings. The van der Waals surface area contributed by atoms with Gasteiger partial charge in [-0.2, -0.15) is 13.2 Å². The molecule has 0 saturated carbocycles. The number of primary amides is 1. The standard InChI is InChI=1S/C19H25F3N2O2Si/c1-18(2,3)27(4,5)11-7-10-15(16(23)25)24-17(26)13-8-6-9-14(12-13)19(20,21)22/h6,8-9,12,15H,10H2,1-5H3,(H2,23,25)(H,24,26)/t15-/m0/s1. The van der Waals surface area contributed by atoms with Crippen LogP contribution in [0.5, 0.6) is 0 Å². The Hall–Kier alpha value is -2.27. The predicted octanol–water partition coefficient (Wildman–Crippen LogP) is 3.73. The first-order valence-electron chi connectivity index (χ1n) is 8.42. The number of carbonyl (C=O) groups is 2. The van der Waals surface area contributed by atoms with Crippen molar-refractivity contribution in [2.24, 2.45) is 5.73 Å². The van der Waals surface area contributed by atoms with Gasteiger partial charge in [0.1, 0.15) is 14.1 Å². The van der Waals surface area contributed by atoms with E-state index in [1.807, 2.05) is 0 Å². The maximum absolute atomic E-state index is 12.8. The summed E-state index contributed by atoms with van der Waals surface area (Å²) in [6, 6.07) is 2.89. The van der Waals surface area contributed by atoms with E-state index in [0.717, 1.165) is 18.2 Å². The molecule has 1 aromatic carbocycles. The fourth-order valence-electron chi connectivity index (χ4n) is 1.86. The van der Waals surface area contributed by atoms with Crippen LogP contribution in [-0.4, -0.2) is 25.9 Å². The molecule has 2 amide bonds. The molecule has 1 atom stereocenters. The largest absolute Gasteiger partial charge is 0.416 e. The molecule has 0 radical (unpaired) electrons. The predicted molar refractivity (Wildman–Crippen MR) is 101 cm³/mol. The van der Waals surface area contributed by atoms with E-state index in [-0.39, 0.29) is 17.0 Å². The van der Waals surface area contributed by atoms with Gasteiger partial charge in [-0.3, -0.25) is 9.59 Å². The molecule has 1 aromatic rings. The van der Waals surface area contributed by atoms with Gasteiger partial charge in [0.25, 0.3) is 5.91 Å². The molecular formula is C19H25F3N2O2Si. The molecule has 0 fully saturated rings. The van der Waals surface area contributed by atoms with E-state index in [1.54, 1.807) is 0 Å². The van der Waals surface area contributed by atoms with E-state index in [2.05, 4.69) is 50.6 Å². The van der Waals surface area contributed by atoms with Gasteiger partial charge in [-0.1, -0.05) is 39.9 Å². The number of alkyl halides is 3. The van der Waals surface area contributed by atoms with Crippen molar-refractivity contribution in [1.29, 1.82) is 0 Å². The molecule has 4 nitrogen and oxygen atoms in total. The van der Waals surface area contributed by atoms with Crippen LogP contribution in [0.2, 0.25) is 18.1 Å². The lowest BCUT2D eigenvalue weighted by Gasteiger charge is -2.31. The van der Waals surface area contributed by atoms with Gasteiger partial charge in [-0.05, 0) is 23.2 Å². The molecule has 0 spiro atoms. The van der Waals surface area contributed by atoms with Crippen molar-refractivity contribution in [3.63, 3.8) is 0 Å². The summed E-state index contributed by atoms with van der Waals surface area (Å²) < 4.78 is 38.3. The molecule has 0 bridgehead atoms. The minimum atomic E-state index is -4.56. The second kappa shape index (κ2) is 8.17. The maximum atomic E-state index is 12.8. The number of amides is 2. The van der Waals surface area contributed by atoms with Gasteiger partial charge in [0.05, 0.1) is 5.56 Å². The quantitative estimate of drug-likeness (QED) is 0.599. The Labute approximate surface area is 158 Å². The number of nitrogens with one attached hydrogen (secondary N) is 1. The summed E-state index contributed by atoms with van der Waals surface area (Å²) in [7, 11) is -1.89. The Morgan fingerprint density at radius 1 is 1.22 bits per heavy atom. The summed E-state index contributed by atoms with van der Waals surface area (Å²) in [5.41, 5.74) is 7.37. The first-order chi connectivity index (χ1) is 12.1. The third-order valence-corrected chi connectivity index (χ3v) is 9.23. The third kappa shape index (κ3) is 6.43. The van der Waals surface area contributed by atoms with E-state index in [1.165, 1.54) is 6.07 Å². The van der Waals surface area contributed by atoms with Gasteiger partial charge in [0.15, 0.2) is 0 Å². The van der Waals surface area contributed by atoms with Crippen LogP contribution in [0.3, 0.4) is 0 Å². The summed E-state index contributed by atoms with van der Waals surface area (Å²) in [4.78, 5) is 23.8. The number of rotatable bonds is 4. The molecule has 0 unspecified atom stereocenters. The average molecular weight is 399 g/mol. The minimum Gasteiger partial charge on any atom is -0.368 e. The van der Waals surface area contributed by atoms with Crippen molar-refractivity contribution in [3.8, 4) is 11.5 Å². The van der Waals surface area contributed by atoms with Gasteiger partial charge in [-0.25, -0.2) is 0 Å². The van der Waals surface area contributed by atoms with Gasteiger partial charge in [0.2, 0.25) is 5.91 Å². The third-order valence-electron chi connectivity index (χ3n) is 4.68. The summed E-state index contributed by atoms with van der Waals surface area (Å²) in [5.74, 6) is 1.32. The lowest BCUT2D eigenvalue weighted by molar-refractivity contribution is -0.137. The zero-order chi connectivity index (χ0) is 21.0. The lowest BCUT2D eigenvalue weighted by atomic mass is 10.1. The summed E-state index contributed by atoms with van der Waals surface area (Å²) >= 11 is 0. The van der Waals surface area contributed by atoms with Crippen LogP contribution in [0, 0.1) is 11.5 Å². The second-order valence-corrected chi connectivity index (χ2v) is 12.9. The van der Waals surface area contributed by atoms with Crippen molar-refractivity contribution in [2.45, 2.75) is 57.5 Å². The van der Waals surface area contributed by atoms with Crippen LogP contribution in [0.15, 0.2) is 24.3 Å². The van der Waals surface area contributed by atoms with Crippen LogP contribution in [0.1, 0.15) is 43.1 Å². The average Bonchev–Trinajstić information content (AvgIpc) is 2.51. The highest BCUT2D eigenvalue weighted by Crippen LogP contribution is 2.35. The van der Waals surface area contributed by atoms with Gasteiger partial charge in [-0.15, -0.1) is 11.5 Å². The van der Waals surface area contributed by atoms with Crippen LogP contribution in [0.4, 0.5) is 13.2 Å². The topological polar surface area (TPSA) is 72.2 Å². The van der Waals surface area contributed by atoms with Gasteiger partial charge in [0, 0.05) is 12.0 Å². The molecule has 0 aliphatic heterocycles. The van der Waals surface area contributed by atoms with Gasteiger partial charge < -0.3 is 11.1 Å². The van der Waals surface area contributed by atoms with E-state index in [4.69, 9.17) is 5.73 Å². The Kier molecular flexibility index (Phi) is 6.89.